The lowest BCUT2D eigenvalue weighted by Gasteiger charge is -2.07. The maximum absolute atomic E-state index is 13.1. The fourth-order valence-corrected chi connectivity index (χ4v) is 3.32. The number of thiophene rings is 1. The molecule has 0 aliphatic heterocycles. The molecular formula is C20H15F3O3S. The zero-order valence-electron chi connectivity index (χ0n) is 14.2. The van der Waals surface area contributed by atoms with Gasteiger partial charge in [-0.15, -0.1) is 11.3 Å². The number of ketones is 1. The minimum atomic E-state index is -4.55. The standard InChI is InChI=1S/C20H15F3O3S/c1-25-15-9-7-14(8-10-15)18(24)19-16(11-17(27-19)20(21,22)23)26-12-13-5-3-2-4-6-13/h2-11H,12H2,1H3. The van der Waals surface area contributed by atoms with E-state index in [4.69, 9.17) is 9.47 Å². The van der Waals surface area contributed by atoms with E-state index in [0.717, 1.165) is 11.6 Å². The summed E-state index contributed by atoms with van der Waals surface area (Å²) in [6.45, 7) is 0.0672. The Labute approximate surface area is 158 Å². The number of carbonyl (C=O) groups excluding carboxylic acids is 1. The van der Waals surface area contributed by atoms with Crippen molar-refractivity contribution in [3.8, 4) is 11.5 Å². The summed E-state index contributed by atoms with van der Waals surface area (Å²) in [7, 11) is 1.49. The first-order chi connectivity index (χ1) is 12.9. The van der Waals surface area contributed by atoms with Crippen LogP contribution in [0, 0.1) is 0 Å². The van der Waals surface area contributed by atoms with Gasteiger partial charge in [0.1, 0.15) is 27.9 Å². The predicted octanol–water partition coefficient (Wildman–Crippen LogP) is 5.59. The van der Waals surface area contributed by atoms with Crippen LogP contribution in [0.4, 0.5) is 13.2 Å². The lowest BCUT2D eigenvalue weighted by atomic mass is 10.1. The molecule has 7 heteroatoms. The summed E-state index contributed by atoms with van der Waals surface area (Å²) in [4.78, 5) is 11.8. The minimum absolute atomic E-state index is 0.0672. The Hall–Kier alpha value is -2.80. The highest BCUT2D eigenvalue weighted by molar-refractivity contribution is 7.14. The first-order valence-corrected chi connectivity index (χ1v) is 8.76. The molecule has 3 aromatic rings. The van der Waals surface area contributed by atoms with Gasteiger partial charge in [-0.2, -0.15) is 13.2 Å². The molecule has 0 spiro atoms. The molecule has 0 amide bonds. The third kappa shape index (κ3) is 4.49. The molecule has 0 fully saturated rings. The number of benzene rings is 2. The summed E-state index contributed by atoms with van der Waals surface area (Å²) in [5.41, 5.74) is 1.05. The maximum atomic E-state index is 13.1. The Kier molecular flexibility index (Phi) is 5.51. The van der Waals surface area contributed by atoms with E-state index in [9.17, 15) is 18.0 Å². The van der Waals surface area contributed by atoms with Crippen molar-refractivity contribution in [3.63, 3.8) is 0 Å². The minimum Gasteiger partial charge on any atom is -0.497 e. The van der Waals surface area contributed by atoms with Crippen LogP contribution in [0.3, 0.4) is 0 Å². The summed E-state index contributed by atoms with van der Waals surface area (Å²) in [6.07, 6.45) is -4.55. The van der Waals surface area contributed by atoms with Gasteiger partial charge in [-0.1, -0.05) is 30.3 Å². The smallest absolute Gasteiger partial charge is 0.425 e. The molecular weight excluding hydrogens is 377 g/mol. The van der Waals surface area contributed by atoms with Gasteiger partial charge in [0.15, 0.2) is 0 Å². The first kappa shape index (κ1) is 19.0. The molecule has 1 aromatic heterocycles. The van der Waals surface area contributed by atoms with Crippen molar-refractivity contribution in [1.29, 1.82) is 0 Å². The summed E-state index contributed by atoms with van der Waals surface area (Å²) in [5.74, 6) is -0.0486. The van der Waals surface area contributed by atoms with Gasteiger partial charge in [-0.05, 0) is 29.8 Å². The van der Waals surface area contributed by atoms with Gasteiger partial charge in [0.2, 0.25) is 5.78 Å². The number of methoxy groups -OCH3 is 1. The first-order valence-electron chi connectivity index (χ1n) is 7.95. The van der Waals surface area contributed by atoms with E-state index in [1.807, 2.05) is 6.07 Å². The number of hydrogen-bond donors (Lipinski definition) is 0. The van der Waals surface area contributed by atoms with Crippen LogP contribution in [0.5, 0.6) is 11.5 Å². The number of carbonyl (C=O) groups is 1. The highest BCUT2D eigenvalue weighted by Crippen LogP contribution is 2.41. The van der Waals surface area contributed by atoms with Crippen LogP contribution in [0.25, 0.3) is 0 Å². The van der Waals surface area contributed by atoms with Crippen molar-refractivity contribution >= 4 is 17.1 Å². The van der Waals surface area contributed by atoms with Crippen molar-refractivity contribution in [1.82, 2.24) is 0 Å². The van der Waals surface area contributed by atoms with Crippen LogP contribution < -0.4 is 9.47 Å². The average molecular weight is 392 g/mol. The normalized spacial score (nSPS) is 11.3. The van der Waals surface area contributed by atoms with E-state index >= 15 is 0 Å². The van der Waals surface area contributed by atoms with Crippen molar-refractivity contribution in [2.24, 2.45) is 0 Å². The summed E-state index contributed by atoms with van der Waals surface area (Å²) < 4.78 is 50.0. The molecule has 2 aromatic carbocycles. The predicted molar refractivity (Wildman–Crippen MR) is 96.5 cm³/mol. The maximum Gasteiger partial charge on any atom is 0.425 e. The third-order valence-corrected chi connectivity index (χ3v) is 4.93. The van der Waals surface area contributed by atoms with Gasteiger partial charge in [0, 0.05) is 11.6 Å². The van der Waals surface area contributed by atoms with Gasteiger partial charge in [0.25, 0.3) is 0 Å². The van der Waals surface area contributed by atoms with Crippen molar-refractivity contribution in [2.45, 2.75) is 12.8 Å². The van der Waals surface area contributed by atoms with Gasteiger partial charge in [-0.3, -0.25) is 4.79 Å². The Morgan fingerprint density at radius 2 is 1.70 bits per heavy atom. The Morgan fingerprint density at radius 3 is 2.30 bits per heavy atom. The fourth-order valence-electron chi connectivity index (χ4n) is 2.39. The van der Waals surface area contributed by atoms with Crippen LogP contribution in [0.2, 0.25) is 0 Å². The Balaban J connectivity index is 1.91. The molecule has 0 atom stereocenters. The lowest BCUT2D eigenvalue weighted by Crippen LogP contribution is -2.03. The van der Waals surface area contributed by atoms with Crippen LogP contribution in [-0.2, 0) is 12.8 Å². The molecule has 0 unspecified atom stereocenters. The average Bonchev–Trinajstić information content (AvgIpc) is 3.11. The second kappa shape index (κ2) is 7.84. The van der Waals surface area contributed by atoms with Crippen molar-refractivity contribution in [2.75, 3.05) is 7.11 Å². The summed E-state index contributed by atoms with van der Waals surface area (Å²) in [6, 6.07) is 16.1. The van der Waals surface area contributed by atoms with Gasteiger partial charge >= 0.3 is 6.18 Å². The molecule has 27 heavy (non-hydrogen) atoms. The van der Waals surface area contributed by atoms with Crippen LogP contribution in [0.1, 0.15) is 25.7 Å². The SMILES string of the molecule is COc1ccc(C(=O)c2sc(C(F)(F)F)cc2OCc2ccccc2)cc1. The molecule has 0 aliphatic carbocycles. The number of alkyl halides is 3. The quantitative estimate of drug-likeness (QED) is 0.514. The zero-order valence-corrected chi connectivity index (χ0v) is 15.1. The monoisotopic (exact) mass is 392 g/mol. The largest absolute Gasteiger partial charge is 0.497 e. The number of halogens is 3. The van der Waals surface area contributed by atoms with Gasteiger partial charge in [0.05, 0.1) is 7.11 Å². The number of hydrogen-bond acceptors (Lipinski definition) is 4. The van der Waals surface area contributed by atoms with Crippen LogP contribution >= 0.6 is 11.3 Å². The van der Waals surface area contributed by atoms with E-state index in [0.29, 0.717) is 17.1 Å². The topological polar surface area (TPSA) is 35.5 Å². The second-order valence-corrected chi connectivity index (χ2v) is 6.69. The van der Waals surface area contributed by atoms with E-state index in [1.165, 1.54) is 19.2 Å². The van der Waals surface area contributed by atoms with E-state index in [1.54, 1.807) is 36.4 Å². The zero-order chi connectivity index (χ0) is 19.4. The highest BCUT2D eigenvalue weighted by Gasteiger charge is 2.35. The number of ether oxygens (including phenoxy) is 2. The second-order valence-electron chi connectivity index (χ2n) is 5.63. The molecule has 0 aliphatic rings. The van der Waals surface area contributed by atoms with Crippen molar-refractivity contribution in [3.05, 3.63) is 81.5 Å². The van der Waals surface area contributed by atoms with Gasteiger partial charge < -0.3 is 9.47 Å². The molecule has 1 heterocycles. The summed E-state index contributed by atoms with van der Waals surface area (Å²) in [5, 5.41) is 0. The Morgan fingerprint density at radius 1 is 1.04 bits per heavy atom. The van der Waals surface area contributed by atoms with Crippen LogP contribution in [-0.4, -0.2) is 12.9 Å². The summed E-state index contributed by atoms with van der Waals surface area (Å²) >= 11 is 0.384. The lowest BCUT2D eigenvalue weighted by molar-refractivity contribution is -0.134. The third-order valence-electron chi connectivity index (χ3n) is 3.77. The van der Waals surface area contributed by atoms with E-state index in [-0.39, 0.29) is 22.8 Å². The molecule has 0 bridgehead atoms. The molecule has 0 N–H and O–H groups in total. The highest BCUT2D eigenvalue weighted by atomic mass is 32.1. The molecule has 0 radical (unpaired) electrons. The van der Waals surface area contributed by atoms with Crippen molar-refractivity contribution < 1.29 is 27.4 Å². The van der Waals surface area contributed by atoms with Gasteiger partial charge in [-0.25, -0.2) is 0 Å². The van der Waals surface area contributed by atoms with Crippen LogP contribution in [0.15, 0.2) is 60.7 Å². The molecule has 3 nitrogen and oxygen atoms in total. The molecule has 0 saturated carbocycles. The number of rotatable bonds is 6. The van der Waals surface area contributed by atoms with E-state index < -0.39 is 16.8 Å². The molecule has 3 rings (SSSR count). The van der Waals surface area contributed by atoms with E-state index in [2.05, 4.69) is 0 Å². The molecule has 0 saturated heterocycles. The Bertz CT molecular complexity index is 916. The fraction of sp³-hybridized carbons (Fsp3) is 0.150. The molecule has 140 valence electrons.